The van der Waals surface area contributed by atoms with E-state index in [9.17, 15) is 4.79 Å². The zero-order valence-corrected chi connectivity index (χ0v) is 18.9. The number of piperazine rings is 1. The van der Waals surface area contributed by atoms with Crippen LogP contribution in [0.1, 0.15) is 12.5 Å². The Bertz CT molecular complexity index is 755. The van der Waals surface area contributed by atoms with Crippen LogP contribution in [0.4, 0.5) is 0 Å². The topological polar surface area (TPSA) is 69.6 Å². The van der Waals surface area contributed by atoms with E-state index in [-0.39, 0.29) is 12.5 Å². The van der Waals surface area contributed by atoms with Gasteiger partial charge in [0.25, 0.3) is 0 Å². The third-order valence-electron chi connectivity index (χ3n) is 4.96. The van der Waals surface area contributed by atoms with Crippen molar-refractivity contribution >= 4 is 11.9 Å². The van der Waals surface area contributed by atoms with E-state index in [1.807, 2.05) is 25.1 Å². The van der Waals surface area contributed by atoms with Gasteiger partial charge in [-0.25, -0.2) is 4.99 Å². The molecule has 2 rings (SSSR count). The number of carbonyl (C=O) groups is 1. The maximum absolute atomic E-state index is 12.0. The van der Waals surface area contributed by atoms with Crippen LogP contribution in [0.5, 0.6) is 11.5 Å². The Kier molecular flexibility index (Phi) is 8.98. The molecule has 1 amide bonds. The summed E-state index contributed by atoms with van der Waals surface area (Å²) in [5.74, 6) is 2.43. The first kappa shape index (κ1) is 23.5. The molecule has 1 saturated heterocycles. The standard InChI is InChI=1S/C22H35N5O3/c1-17(2)14-23-22(24-15-21(28)25(3)4)27-11-9-26(10-12-27)16-18-13-19(29-5)7-8-20(18)30-6/h7-8,13H,1,9-12,14-16H2,2-6H3,(H,23,24). The Balaban J connectivity index is 2.01. The van der Waals surface area contributed by atoms with E-state index in [4.69, 9.17) is 9.47 Å². The number of methoxy groups -OCH3 is 2. The van der Waals surface area contributed by atoms with Crippen LogP contribution in [0.3, 0.4) is 0 Å². The summed E-state index contributed by atoms with van der Waals surface area (Å²) in [7, 11) is 6.84. The number of aliphatic imine (C=N–C) groups is 1. The highest BCUT2D eigenvalue weighted by molar-refractivity contribution is 5.85. The first-order chi connectivity index (χ1) is 14.3. The van der Waals surface area contributed by atoms with Gasteiger partial charge in [0.05, 0.1) is 14.2 Å². The lowest BCUT2D eigenvalue weighted by Crippen LogP contribution is -2.52. The lowest BCUT2D eigenvalue weighted by atomic mass is 10.1. The number of carbonyl (C=O) groups excluding carboxylic acids is 1. The van der Waals surface area contributed by atoms with Gasteiger partial charge >= 0.3 is 0 Å². The summed E-state index contributed by atoms with van der Waals surface area (Å²) in [6, 6.07) is 5.88. The minimum Gasteiger partial charge on any atom is -0.497 e. The number of hydrogen-bond acceptors (Lipinski definition) is 5. The Hall–Kier alpha value is -2.74. The van der Waals surface area contributed by atoms with Crippen LogP contribution in [-0.4, -0.2) is 94.1 Å². The largest absolute Gasteiger partial charge is 0.497 e. The number of benzene rings is 1. The van der Waals surface area contributed by atoms with Gasteiger partial charge in [0.15, 0.2) is 5.96 Å². The lowest BCUT2D eigenvalue weighted by Gasteiger charge is -2.36. The van der Waals surface area contributed by atoms with Gasteiger partial charge in [-0.1, -0.05) is 12.2 Å². The van der Waals surface area contributed by atoms with E-state index in [2.05, 4.69) is 26.7 Å². The van der Waals surface area contributed by atoms with E-state index in [1.54, 1.807) is 33.2 Å². The minimum absolute atomic E-state index is 0.0200. The molecule has 0 atom stereocenters. The number of amides is 1. The molecule has 1 aliphatic heterocycles. The smallest absolute Gasteiger partial charge is 0.243 e. The third kappa shape index (κ3) is 6.95. The van der Waals surface area contributed by atoms with Gasteiger partial charge in [-0.15, -0.1) is 0 Å². The van der Waals surface area contributed by atoms with Crippen molar-refractivity contribution in [3.8, 4) is 11.5 Å². The SMILES string of the molecule is C=C(C)CNC(=NCC(=O)N(C)C)N1CCN(Cc2cc(OC)ccc2OC)CC1. The normalized spacial score (nSPS) is 15.0. The molecule has 1 heterocycles. The van der Waals surface area contributed by atoms with Gasteiger partial charge in [-0.2, -0.15) is 0 Å². The summed E-state index contributed by atoms with van der Waals surface area (Å²) >= 11 is 0. The van der Waals surface area contributed by atoms with Crippen LogP contribution < -0.4 is 14.8 Å². The van der Waals surface area contributed by atoms with Crippen LogP contribution in [0, 0.1) is 0 Å². The predicted molar refractivity (Wildman–Crippen MR) is 120 cm³/mol. The summed E-state index contributed by atoms with van der Waals surface area (Å²) in [6.07, 6.45) is 0. The van der Waals surface area contributed by atoms with Crippen LogP contribution in [0.25, 0.3) is 0 Å². The fraction of sp³-hybridized carbons (Fsp3) is 0.545. The molecule has 0 unspecified atom stereocenters. The van der Waals surface area contributed by atoms with Crippen molar-refractivity contribution in [3.63, 3.8) is 0 Å². The molecule has 0 bridgehead atoms. The van der Waals surface area contributed by atoms with Crippen molar-refractivity contribution in [2.45, 2.75) is 13.5 Å². The molecule has 30 heavy (non-hydrogen) atoms. The van der Waals surface area contributed by atoms with E-state index >= 15 is 0 Å². The monoisotopic (exact) mass is 417 g/mol. The average molecular weight is 418 g/mol. The van der Waals surface area contributed by atoms with Crippen LogP contribution in [0.2, 0.25) is 0 Å². The van der Waals surface area contributed by atoms with Gasteiger partial charge in [0.2, 0.25) is 5.91 Å². The van der Waals surface area contributed by atoms with Crippen LogP contribution in [-0.2, 0) is 11.3 Å². The number of rotatable bonds is 8. The Morgan fingerprint density at radius 1 is 1.20 bits per heavy atom. The number of likely N-dealkylation sites (N-methyl/N-ethyl adjacent to an activating group) is 1. The second-order valence-corrected chi connectivity index (χ2v) is 7.68. The van der Waals surface area contributed by atoms with E-state index in [0.29, 0.717) is 6.54 Å². The van der Waals surface area contributed by atoms with Gasteiger partial charge < -0.3 is 24.6 Å². The number of nitrogens with one attached hydrogen (secondary N) is 1. The molecule has 0 radical (unpaired) electrons. The zero-order chi connectivity index (χ0) is 22.1. The molecular formula is C22H35N5O3. The minimum atomic E-state index is -0.0200. The maximum atomic E-state index is 12.0. The first-order valence-corrected chi connectivity index (χ1v) is 10.1. The quantitative estimate of drug-likeness (QED) is 0.392. The van der Waals surface area contributed by atoms with E-state index < -0.39 is 0 Å². The highest BCUT2D eigenvalue weighted by Crippen LogP contribution is 2.25. The van der Waals surface area contributed by atoms with E-state index in [0.717, 1.165) is 61.3 Å². The van der Waals surface area contributed by atoms with Crippen molar-refractivity contribution in [3.05, 3.63) is 35.9 Å². The van der Waals surface area contributed by atoms with Gasteiger partial charge in [0, 0.05) is 58.9 Å². The highest BCUT2D eigenvalue weighted by Gasteiger charge is 2.21. The molecule has 1 N–H and O–H groups in total. The van der Waals surface area contributed by atoms with Crippen LogP contribution in [0.15, 0.2) is 35.3 Å². The molecule has 0 spiro atoms. The van der Waals surface area contributed by atoms with Gasteiger partial charge in [-0.05, 0) is 25.1 Å². The second-order valence-electron chi connectivity index (χ2n) is 7.68. The molecular weight excluding hydrogens is 382 g/mol. The fourth-order valence-corrected chi connectivity index (χ4v) is 3.15. The molecule has 1 aromatic carbocycles. The molecule has 0 aliphatic carbocycles. The number of nitrogens with zero attached hydrogens (tertiary/aromatic N) is 4. The maximum Gasteiger partial charge on any atom is 0.243 e. The van der Waals surface area contributed by atoms with Crippen molar-refractivity contribution < 1.29 is 14.3 Å². The van der Waals surface area contributed by atoms with Crippen molar-refractivity contribution in [2.24, 2.45) is 4.99 Å². The number of ether oxygens (including phenoxy) is 2. The summed E-state index contributed by atoms with van der Waals surface area (Å²) in [5, 5.41) is 3.33. The summed E-state index contributed by atoms with van der Waals surface area (Å²) < 4.78 is 10.9. The highest BCUT2D eigenvalue weighted by atomic mass is 16.5. The summed E-state index contributed by atoms with van der Waals surface area (Å²) in [6.45, 7) is 10.9. The Labute approximate surface area is 180 Å². The van der Waals surface area contributed by atoms with Crippen LogP contribution >= 0.6 is 0 Å². The van der Waals surface area contributed by atoms with Gasteiger partial charge in [-0.3, -0.25) is 9.69 Å². The Morgan fingerprint density at radius 2 is 1.90 bits per heavy atom. The molecule has 8 heteroatoms. The summed E-state index contributed by atoms with van der Waals surface area (Å²) in [5.41, 5.74) is 2.13. The molecule has 1 aliphatic rings. The van der Waals surface area contributed by atoms with Crippen molar-refractivity contribution in [2.75, 3.05) is 67.6 Å². The fourth-order valence-electron chi connectivity index (χ4n) is 3.15. The Morgan fingerprint density at radius 3 is 2.47 bits per heavy atom. The second kappa shape index (κ2) is 11.4. The molecule has 1 aromatic rings. The number of hydrogen-bond donors (Lipinski definition) is 1. The molecule has 0 saturated carbocycles. The molecule has 166 valence electrons. The third-order valence-corrected chi connectivity index (χ3v) is 4.96. The molecule has 0 aromatic heterocycles. The van der Waals surface area contributed by atoms with E-state index in [1.165, 1.54) is 0 Å². The van der Waals surface area contributed by atoms with Gasteiger partial charge in [0.1, 0.15) is 18.0 Å². The predicted octanol–water partition coefficient (Wildman–Crippen LogP) is 1.43. The zero-order valence-electron chi connectivity index (χ0n) is 18.9. The average Bonchev–Trinajstić information content (AvgIpc) is 2.74. The molecule has 8 nitrogen and oxygen atoms in total. The summed E-state index contributed by atoms with van der Waals surface area (Å²) in [4.78, 5) is 22.6. The molecule has 1 fully saturated rings. The lowest BCUT2D eigenvalue weighted by molar-refractivity contribution is -0.127. The first-order valence-electron chi connectivity index (χ1n) is 10.1. The number of guanidine groups is 1. The van der Waals surface area contributed by atoms with Crippen molar-refractivity contribution in [1.82, 2.24) is 20.0 Å². The van der Waals surface area contributed by atoms with Crippen molar-refractivity contribution in [1.29, 1.82) is 0 Å².